The molecule has 0 amide bonds. The molecule has 0 bridgehead atoms. The highest BCUT2D eigenvalue weighted by Gasteiger charge is 2.08. The Morgan fingerprint density at radius 1 is 1.00 bits per heavy atom. The highest BCUT2D eigenvalue weighted by atomic mass is 16.5. The van der Waals surface area contributed by atoms with Crippen molar-refractivity contribution in [3.63, 3.8) is 0 Å². The van der Waals surface area contributed by atoms with Crippen LogP contribution in [0.4, 0.5) is 0 Å². The molecule has 1 N–H and O–H groups in total. The van der Waals surface area contributed by atoms with E-state index in [1.165, 1.54) is 5.56 Å². The van der Waals surface area contributed by atoms with Gasteiger partial charge in [-0.3, -0.25) is 0 Å². The van der Waals surface area contributed by atoms with Crippen LogP contribution in [-0.2, 0) is 9.47 Å². The molecule has 0 aliphatic rings. The maximum Gasteiger partial charge on any atom is 0.0812 e. The molecule has 0 radical (unpaired) electrons. The normalized spacial score (nSPS) is 12.9. The second-order valence-corrected chi connectivity index (χ2v) is 4.73. The summed E-state index contributed by atoms with van der Waals surface area (Å²) in [5.41, 5.74) is 2.25. The van der Waals surface area contributed by atoms with Gasteiger partial charge in [-0.25, -0.2) is 0 Å². The largest absolute Gasteiger partial charge is 0.388 e. The minimum absolute atomic E-state index is 0.450. The zero-order valence-electron chi connectivity index (χ0n) is 11.6. The van der Waals surface area contributed by atoms with E-state index in [0.717, 1.165) is 5.56 Å². The molecule has 0 heterocycles. The van der Waals surface area contributed by atoms with E-state index >= 15 is 0 Å². The van der Waals surface area contributed by atoms with Crippen LogP contribution in [0.3, 0.4) is 0 Å². The molecular weight excluding hydrogens is 228 g/mol. The van der Waals surface area contributed by atoms with Gasteiger partial charge >= 0.3 is 0 Å². The summed E-state index contributed by atoms with van der Waals surface area (Å²) in [7, 11) is 1.65. The van der Waals surface area contributed by atoms with Gasteiger partial charge in [0.2, 0.25) is 0 Å². The lowest BCUT2D eigenvalue weighted by molar-refractivity contribution is 0.0475. The first-order valence-corrected chi connectivity index (χ1v) is 6.49. The first kappa shape index (κ1) is 15.2. The Morgan fingerprint density at radius 3 is 2.17 bits per heavy atom. The van der Waals surface area contributed by atoms with Gasteiger partial charge in [0.1, 0.15) is 0 Å². The van der Waals surface area contributed by atoms with Crippen LogP contribution in [-0.4, -0.2) is 32.0 Å². The fourth-order valence-corrected chi connectivity index (χ4v) is 1.71. The standard InChI is InChI=1S/C15H24O3/c1-12(2)13-4-6-14(7-5-13)15(16)8-9-18-11-10-17-3/h4-7,12,15-16H,8-11H2,1-3H3. The molecular formula is C15H24O3. The number of hydrogen-bond acceptors (Lipinski definition) is 3. The fraction of sp³-hybridized carbons (Fsp3) is 0.600. The first-order valence-electron chi connectivity index (χ1n) is 6.49. The first-order chi connectivity index (χ1) is 8.65. The van der Waals surface area contributed by atoms with Crippen molar-refractivity contribution in [1.29, 1.82) is 0 Å². The molecule has 0 aliphatic heterocycles. The summed E-state index contributed by atoms with van der Waals surface area (Å²) in [4.78, 5) is 0. The van der Waals surface area contributed by atoms with E-state index in [9.17, 15) is 5.11 Å². The van der Waals surface area contributed by atoms with E-state index in [4.69, 9.17) is 9.47 Å². The Bertz CT molecular complexity index is 319. The van der Waals surface area contributed by atoms with Gasteiger partial charge in [0, 0.05) is 20.1 Å². The molecule has 1 unspecified atom stereocenters. The average molecular weight is 252 g/mol. The van der Waals surface area contributed by atoms with Gasteiger partial charge < -0.3 is 14.6 Å². The van der Waals surface area contributed by atoms with Crippen LogP contribution in [0.5, 0.6) is 0 Å². The number of aliphatic hydroxyl groups excluding tert-OH is 1. The van der Waals surface area contributed by atoms with Crippen LogP contribution in [0.25, 0.3) is 0 Å². The molecule has 1 aromatic carbocycles. The SMILES string of the molecule is COCCOCCC(O)c1ccc(C(C)C)cc1. The molecule has 3 heteroatoms. The van der Waals surface area contributed by atoms with Gasteiger partial charge in [-0.1, -0.05) is 38.1 Å². The van der Waals surface area contributed by atoms with Crippen LogP contribution in [0.15, 0.2) is 24.3 Å². The summed E-state index contributed by atoms with van der Waals surface area (Å²) in [6.07, 6.45) is 0.166. The van der Waals surface area contributed by atoms with Crippen LogP contribution in [0.2, 0.25) is 0 Å². The molecule has 0 spiro atoms. The lowest BCUT2D eigenvalue weighted by atomic mass is 9.99. The smallest absolute Gasteiger partial charge is 0.0812 e. The molecule has 0 saturated carbocycles. The number of ether oxygens (including phenoxy) is 2. The predicted octanol–water partition coefficient (Wildman–Crippen LogP) is 2.90. The summed E-state index contributed by atoms with van der Waals surface area (Å²) in [6.45, 7) is 6.05. The zero-order valence-corrected chi connectivity index (χ0v) is 11.6. The molecule has 1 rings (SSSR count). The number of rotatable bonds is 8. The number of methoxy groups -OCH3 is 1. The summed E-state index contributed by atoms with van der Waals surface area (Å²) >= 11 is 0. The molecule has 3 nitrogen and oxygen atoms in total. The molecule has 0 saturated heterocycles. The monoisotopic (exact) mass is 252 g/mol. The van der Waals surface area contributed by atoms with Gasteiger partial charge in [-0.05, 0) is 17.0 Å². The number of benzene rings is 1. The van der Waals surface area contributed by atoms with E-state index in [-0.39, 0.29) is 0 Å². The van der Waals surface area contributed by atoms with E-state index in [1.807, 2.05) is 12.1 Å². The van der Waals surface area contributed by atoms with Gasteiger partial charge in [0.05, 0.1) is 19.3 Å². The van der Waals surface area contributed by atoms with Crippen molar-refractivity contribution in [3.8, 4) is 0 Å². The van der Waals surface area contributed by atoms with Gasteiger partial charge in [0.15, 0.2) is 0 Å². The van der Waals surface area contributed by atoms with E-state index in [1.54, 1.807) is 7.11 Å². The van der Waals surface area contributed by atoms with Gasteiger partial charge in [-0.2, -0.15) is 0 Å². The molecule has 0 fully saturated rings. The van der Waals surface area contributed by atoms with Crippen LogP contribution in [0.1, 0.15) is 43.4 Å². The van der Waals surface area contributed by atoms with E-state index in [2.05, 4.69) is 26.0 Å². The maximum absolute atomic E-state index is 10.00. The van der Waals surface area contributed by atoms with Crippen LogP contribution in [0, 0.1) is 0 Å². The molecule has 102 valence electrons. The molecule has 0 aliphatic carbocycles. The van der Waals surface area contributed by atoms with E-state index < -0.39 is 6.10 Å². The highest BCUT2D eigenvalue weighted by molar-refractivity contribution is 5.26. The third-order valence-electron chi connectivity index (χ3n) is 2.96. The van der Waals surface area contributed by atoms with Crippen molar-refractivity contribution in [2.75, 3.05) is 26.9 Å². The summed E-state index contributed by atoms with van der Waals surface area (Å²) in [5, 5.41) is 10.00. The number of aliphatic hydroxyl groups is 1. The number of hydrogen-bond donors (Lipinski definition) is 1. The lowest BCUT2D eigenvalue weighted by Crippen LogP contribution is -2.07. The molecule has 18 heavy (non-hydrogen) atoms. The second kappa shape index (κ2) is 8.25. The third-order valence-corrected chi connectivity index (χ3v) is 2.96. The Hall–Kier alpha value is -0.900. The minimum Gasteiger partial charge on any atom is -0.388 e. The Balaban J connectivity index is 2.34. The van der Waals surface area contributed by atoms with Crippen molar-refractivity contribution >= 4 is 0 Å². The van der Waals surface area contributed by atoms with Crippen molar-refractivity contribution in [2.24, 2.45) is 0 Å². The molecule has 0 aromatic heterocycles. The maximum atomic E-state index is 10.00. The predicted molar refractivity (Wildman–Crippen MR) is 72.8 cm³/mol. The van der Waals surface area contributed by atoms with Crippen molar-refractivity contribution < 1.29 is 14.6 Å². The van der Waals surface area contributed by atoms with Crippen LogP contribution >= 0.6 is 0 Å². The Kier molecular flexibility index (Phi) is 6.94. The molecule has 1 aromatic rings. The zero-order chi connectivity index (χ0) is 13.4. The lowest BCUT2D eigenvalue weighted by Gasteiger charge is -2.13. The summed E-state index contributed by atoms with van der Waals surface area (Å²) < 4.78 is 10.2. The fourth-order valence-electron chi connectivity index (χ4n) is 1.71. The van der Waals surface area contributed by atoms with Gasteiger partial charge in [-0.15, -0.1) is 0 Å². The Labute approximate surface area is 110 Å². The third kappa shape index (κ3) is 5.17. The van der Waals surface area contributed by atoms with Gasteiger partial charge in [0.25, 0.3) is 0 Å². The van der Waals surface area contributed by atoms with Crippen LogP contribution < -0.4 is 0 Å². The van der Waals surface area contributed by atoms with Crippen molar-refractivity contribution in [3.05, 3.63) is 35.4 Å². The highest BCUT2D eigenvalue weighted by Crippen LogP contribution is 2.20. The van der Waals surface area contributed by atoms with E-state index in [0.29, 0.717) is 32.2 Å². The topological polar surface area (TPSA) is 38.7 Å². The van der Waals surface area contributed by atoms with Crippen molar-refractivity contribution in [2.45, 2.75) is 32.3 Å². The second-order valence-electron chi connectivity index (χ2n) is 4.73. The van der Waals surface area contributed by atoms with Crippen molar-refractivity contribution in [1.82, 2.24) is 0 Å². The Morgan fingerprint density at radius 2 is 1.61 bits per heavy atom. The summed E-state index contributed by atoms with van der Waals surface area (Å²) in [5.74, 6) is 0.522. The molecule has 1 atom stereocenters. The minimum atomic E-state index is -0.450. The summed E-state index contributed by atoms with van der Waals surface area (Å²) in [6, 6.07) is 8.15. The quantitative estimate of drug-likeness (QED) is 0.723. The average Bonchev–Trinajstić information content (AvgIpc) is 2.38.